The van der Waals surface area contributed by atoms with Gasteiger partial charge in [0.15, 0.2) is 5.78 Å². The molecule has 0 fully saturated rings. The van der Waals surface area contributed by atoms with Crippen molar-refractivity contribution in [1.82, 2.24) is 4.98 Å². The zero-order valence-electron chi connectivity index (χ0n) is 10.7. The highest BCUT2D eigenvalue weighted by molar-refractivity contribution is 7.12. The highest BCUT2D eigenvalue weighted by atomic mass is 32.1. The molecule has 0 unspecified atom stereocenters. The summed E-state index contributed by atoms with van der Waals surface area (Å²) in [5, 5.41) is 11.1. The minimum atomic E-state index is -1.15. The molecule has 2 heterocycles. The smallest absolute Gasteiger partial charge is 0.311 e. The number of carboxylic acid groups (broad SMARTS) is 1. The van der Waals surface area contributed by atoms with Gasteiger partial charge in [-0.05, 0) is 23.1 Å². The summed E-state index contributed by atoms with van der Waals surface area (Å²) in [6.45, 7) is 0. The van der Waals surface area contributed by atoms with Gasteiger partial charge in [0.05, 0.1) is 10.4 Å². The molecule has 3 rings (SSSR count). The number of carbonyl (C=O) groups excluding carboxylic acids is 1. The lowest BCUT2D eigenvalue weighted by Crippen LogP contribution is -2.04. The van der Waals surface area contributed by atoms with Crippen LogP contribution in [-0.2, 0) is 4.79 Å². The van der Waals surface area contributed by atoms with Crippen LogP contribution in [0.25, 0.3) is 22.0 Å². The summed E-state index contributed by atoms with van der Waals surface area (Å²) < 4.78 is 13.6. The highest BCUT2D eigenvalue weighted by Gasteiger charge is 2.15. The van der Waals surface area contributed by atoms with E-state index in [-0.39, 0.29) is 5.82 Å². The number of hydrogen-bond donors (Lipinski definition) is 2. The molecule has 4 nitrogen and oxygen atoms in total. The molecule has 21 heavy (non-hydrogen) atoms. The maximum absolute atomic E-state index is 13.6. The van der Waals surface area contributed by atoms with Crippen molar-refractivity contribution in [3.63, 3.8) is 0 Å². The number of rotatable bonds is 4. The topological polar surface area (TPSA) is 70.2 Å². The average molecular weight is 303 g/mol. The molecule has 2 aromatic heterocycles. The predicted molar refractivity (Wildman–Crippen MR) is 78.2 cm³/mol. The van der Waals surface area contributed by atoms with Crippen molar-refractivity contribution in [2.24, 2.45) is 0 Å². The maximum Gasteiger partial charge on any atom is 0.311 e. The summed E-state index contributed by atoms with van der Waals surface area (Å²) in [6.07, 6.45) is 1.16. The fraction of sp³-hybridized carbons (Fsp3) is 0.0667. The molecule has 6 heteroatoms. The number of aromatic amines is 1. The number of nitrogens with one attached hydrogen (secondary N) is 1. The Morgan fingerprint density at radius 1 is 1.33 bits per heavy atom. The molecule has 0 aliphatic rings. The van der Waals surface area contributed by atoms with E-state index in [4.69, 9.17) is 5.11 Å². The zero-order valence-corrected chi connectivity index (χ0v) is 11.5. The normalized spacial score (nSPS) is 10.9. The van der Waals surface area contributed by atoms with Crippen LogP contribution in [0.3, 0.4) is 0 Å². The third kappa shape index (κ3) is 2.45. The molecule has 0 radical (unpaired) electrons. The number of para-hydroxylation sites is 1. The molecule has 106 valence electrons. The molecule has 0 atom stereocenters. The quantitative estimate of drug-likeness (QED) is 0.570. The van der Waals surface area contributed by atoms with Crippen LogP contribution in [0.15, 0.2) is 35.8 Å². The van der Waals surface area contributed by atoms with Crippen molar-refractivity contribution >= 4 is 34.0 Å². The second-order valence-corrected chi connectivity index (χ2v) is 5.47. The summed E-state index contributed by atoms with van der Waals surface area (Å²) in [6, 6.07) is 6.43. The molecular weight excluding hydrogens is 293 g/mol. The second-order valence-electron chi connectivity index (χ2n) is 4.56. The Morgan fingerprint density at radius 2 is 2.14 bits per heavy atom. The Morgan fingerprint density at radius 3 is 2.90 bits per heavy atom. The van der Waals surface area contributed by atoms with Crippen LogP contribution in [0.1, 0.15) is 16.1 Å². The first kappa shape index (κ1) is 13.5. The first-order valence-electron chi connectivity index (χ1n) is 6.16. The molecule has 0 aliphatic heterocycles. The van der Waals surface area contributed by atoms with Crippen molar-refractivity contribution < 1.29 is 19.1 Å². The second kappa shape index (κ2) is 5.14. The minimum Gasteiger partial charge on any atom is -0.481 e. The largest absolute Gasteiger partial charge is 0.481 e. The first-order valence-corrected chi connectivity index (χ1v) is 7.03. The molecule has 1 aromatic carbocycles. The molecular formula is C15H10FNO3S. The van der Waals surface area contributed by atoms with Crippen molar-refractivity contribution in [1.29, 1.82) is 0 Å². The molecule has 0 aliphatic carbocycles. The van der Waals surface area contributed by atoms with Gasteiger partial charge in [-0.15, -0.1) is 11.3 Å². The molecule has 3 aromatic rings. The van der Waals surface area contributed by atoms with Gasteiger partial charge in [0.1, 0.15) is 12.2 Å². The van der Waals surface area contributed by atoms with Crippen molar-refractivity contribution in [3.8, 4) is 11.1 Å². The number of hydrogen-bond acceptors (Lipinski definition) is 3. The van der Waals surface area contributed by atoms with Crippen molar-refractivity contribution in [2.45, 2.75) is 6.42 Å². The summed E-state index contributed by atoms with van der Waals surface area (Å²) in [7, 11) is 0. The lowest BCUT2D eigenvalue weighted by atomic mass is 10.1. The Bertz CT molecular complexity index is 850. The van der Waals surface area contributed by atoms with Gasteiger partial charge in [0.25, 0.3) is 0 Å². The van der Waals surface area contributed by atoms with Gasteiger partial charge in [0.2, 0.25) is 0 Å². The van der Waals surface area contributed by atoms with Gasteiger partial charge in [0, 0.05) is 17.1 Å². The van der Waals surface area contributed by atoms with Gasteiger partial charge in [-0.3, -0.25) is 9.59 Å². The maximum atomic E-state index is 13.6. The highest BCUT2D eigenvalue weighted by Crippen LogP contribution is 2.33. The van der Waals surface area contributed by atoms with E-state index >= 15 is 0 Å². The fourth-order valence-corrected chi connectivity index (χ4v) is 3.05. The fourth-order valence-electron chi connectivity index (χ4n) is 2.20. The number of aliphatic carboxylic acids is 1. The number of thiophene rings is 1. The number of ketones is 1. The van der Waals surface area contributed by atoms with Gasteiger partial charge < -0.3 is 10.1 Å². The number of aromatic nitrogens is 1. The van der Waals surface area contributed by atoms with Crippen LogP contribution in [-0.4, -0.2) is 21.8 Å². The van der Waals surface area contributed by atoms with Crippen molar-refractivity contribution in [2.75, 3.05) is 0 Å². The zero-order chi connectivity index (χ0) is 15.0. The molecule has 0 saturated heterocycles. The van der Waals surface area contributed by atoms with E-state index in [0.717, 1.165) is 16.5 Å². The van der Waals surface area contributed by atoms with Crippen LogP contribution in [0.5, 0.6) is 0 Å². The number of carbonyl (C=O) groups is 2. The van der Waals surface area contributed by atoms with Gasteiger partial charge in [-0.25, -0.2) is 4.39 Å². The number of benzene rings is 1. The van der Waals surface area contributed by atoms with Crippen LogP contribution >= 0.6 is 11.3 Å². The van der Waals surface area contributed by atoms with E-state index < -0.39 is 18.2 Å². The van der Waals surface area contributed by atoms with Gasteiger partial charge >= 0.3 is 5.97 Å². The number of Topliss-reactive ketones (excluding diaryl/α,β-unsaturated/α-hetero) is 1. The molecule has 0 saturated carbocycles. The predicted octanol–water partition coefficient (Wildman–Crippen LogP) is 3.69. The van der Waals surface area contributed by atoms with E-state index in [0.29, 0.717) is 10.4 Å². The Balaban J connectivity index is 2.01. The third-order valence-corrected chi connectivity index (χ3v) is 4.13. The molecule has 2 N–H and O–H groups in total. The Hall–Kier alpha value is -2.47. The minimum absolute atomic E-state index is 0.337. The molecule has 0 spiro atoms. The van der Waals surface area contributed by atoms with E-state index in [1.54, 1.807) is 29.8 Å². The summed E-state index contributed by atoms with van der Waals surface area (Å²) in [5.41, 5.74) is 1.97. The summed E-state index contributed by atoms with van der Waals surface area (Å²) in [5.74, 6) is -1.91. The van der Waals surface area contributed by atoms with Gasteiger partial charge in [-0.1, -0.05) is 12.1 Å². The third-order valence-electron chi connectivity index (χ3n) is 3.16. The standard InChI is InChI=1S/C15H10FNO3S/c16-11-3-1-2-9-10(6-17-15(9)11)8-4-13(21-7-8)12(18)5-14(19)20/h1-4,6-7,17H,5H2,(H,19,20). The monoisotopic (exact) mass is 303 g/mol. The van der Waals surface area contributed by atoms with E-state index in [1.165, 1.54) is 17.4 Å². The van der Waals surface area contributed by atoms with Crippen LogP contribution in [0.2, 0.25) is 0 Å². The SMILES string of the molecule is O=C(O)CC(=O)c1cc(-c2c[nH]c3c(F)cccc23)cs1. The number of carboxylic acids is 1. The number of H-pyrrole nitrogens is 1. The van der Waals surface area contributed by atoms with E-state index in [1.807, 2.05) is 0 Å². The first-order chi connectivity index (χ1) is 10.1. The van der Waals surface area contributed by atoms with Gasteiger partial charge in [-0.2, -0.15) is 0 Å². The Kier molecular flexibility index (Phi) is 3.31. The summed E-state index contributed by atoms with van der Waals surface area (Å²) >= 11 is 1.19. The summed E-state index contributed by atoms with van der Waals surface area (Å²) in [4.78, 5) is 25.5. The average Bonchev–Trinajstić information content (AvgIpc) is 3.04. The van der Waals surface area contributed by atoms with Crippen molar-refractivity contribution in [3.05, 3.63) is 46.5 Å². The molecule has 0 amide bonds. The van der Waals surface area contributed by atoms with E-state index in [9.17, 15) is 14.0 Å². The Labute approximate surface area is 122 Å². The number of halogens is 1. The van der Waals surface area contributed by atoms with E-state index in [2.05, 4.69) is 4.98 Å². The lowest BCUT2D eigenvalue weighted by molar-refractivity contribution is -0.135. The van der Waals surface area contributed by atoms with Crippen LogP contribution in [0, 0.1) is 5.82 Å². The van der Waals surface area contributed by atoms with Crippen LogP contribution in [0.4, 0.5) is 4.39 Å². The molecule has 0 bridgehead atoms. The number of fused-ring (bicyclic) bond motifs is 1. The van der Waals surface area contributed by atoms with Crippen LogP contribution < -0.4 is 0 Å². The lowest BCUT2D eigenvalue weighted by Gasteiger charge is -1.96.